The molecule has 14 heterocycles. The molecule has 2 aromatic carbocycles. The number of thiol groups is 1. The minimum atomic E-state index is -4.39. The Balaban J connectivity index is 0.000000200. The molecule has 0 spiro atoms. The number of anilines is 4. The van der Waals surface area contributed by atoms with Crippen LogP contribution in [0.4, 0.5) is 32.1 Å². The lowest BCUT2D eigenvalue weighted by Gasteiger charge is -2.41. The highest BCUT2D eigenvalue weighted by Gasteiger charge is 2.59. The number of halogens is 2. The zero-order valence-corrected chi connectivity index (χ0v) is 75.5. The maximum Gasteiger partial charge on any atom is 0.386 e. The maximum atomic E-state index is 17.1. The molecule has 10 aromatic rings. The fourth-order valence-corrected chi connectivity index (χ4v) is 22.6. The van der Waals surface area contributed by atoms with Crippen LogP contribution in [-0.4, -0.2) is 223 Å². The number of rotatable bonds is 15. The van der Waals surface area contributed by atoms with Crippen molar-refractivity contribution in [2.45, 2.75) is 183 Å². The fourth-order valence-electron chi connectivity index (χ4n) is 13.6. The van der Waals surface area contributed by atoms with Gasteiger partial charge in [0.25, 0.3) is 11.8 Å². The number of nitrogens with zero attached hydrogens (tertiary/aromatic N) is 17. The number of hydrogen-bond acceptors (Lipinski definition) is 36. The van der Waals surface area contributed by atoms with Crippen LogP contribution in [0.25, 0.3) is 44.7 Å². The Hall–Kier alpha value is -7.19. The van der Waals surface area contributed by atoms with Crippen LogP contribution in [0.1, 0.15) is 93.6 Å². The average Bonchev–Trinajstić information content (AvgIpc) is 1.60. The number of hydrogen-bond donors (Lipinski definition) is 7. The predicted octanol–water partition coefficient (Wildman–Crippen LogP) is 10.3. The van der Waals surface area contributed by atoms with Crippen molar-refractivity contribution in [3.63, 3.8) is 0 Å². The molecule has 0 aliphatic carbocycles. The van der Waals surface area contributed by atoms with Crippen LogP contribution in [0.5, 0.6) is 0 Å². The van der Waals surface area contributed by atoms with Crippen LogP contribution in [0.15, 0.2) is 111 Å². The average molecular weight is 1870 g/mol. The summed E-state index contributed by atoms with van der Waals surface area (Å²) < 4.78 is 148. The fraction of sp³-hybridized carbons (Fsp3) is 0.493. The molecular formula is C69H85F2N21O20P4S4Si2. The van der Waals surface area contributed by atoms with Crippen LogP contribution in [0.2, 0.25) is 36.3 Å². The largest absolute Gasteiger partial charge is 0.408 e. The van der Waals surface area contributed by atoms with Gasteiger partial charge in [0.1, 0.15) is 97.4 Å². The molecule has 53 heteroatoms. The van der Waals surface area contributed by atoms with Gasteiger partial charge in [0.15, 0.2) is 111 Å². The molecule has 6 fully saturated rings. The van der Waals surface area contributed by atoms with Gasteiger partial charge in [-0.05, 0) is 96.0 Å². The van der Waals surface area contributed by atoms with E-state index in [0.29, 0.717) is 22.3 Å². The number of nitrogen functional groups attached to an aromatic ring is 2. The Morgan fingerprint density at radius 3 is 1.30 bits per heavy atom. The summed E-state index contributed by atoms with van der Waals surface area (Å²) in [7, 11) is -5.39. The van der Waals surface area contributed by atoms with E-state index in [4.69, 9.17) is 115 Å². The summed E-state index contributed by atoms with van der Waals surface area (Å²) in [5, 5.41) is 14.4. The minimum Gasteiger partial charge on any atom is -0.408 e. The summed E-state index contributed by atoms with van der Waals surface area (Å²) in [5.74, 6) is -0.518. The number of ether oxygens (including phenoxy) is 4. The Morgan fingerprint density at radius 1 is 0.533 bits per heavy atom. The van der Waals surface area contributed by atoms with Gasteiger partial charge in [-0.1, -0.05) is 90.2 Å². The van der Waals surface area contributed by atoms with Crippen molar-refractivity contribution >= 4 is 171 Å². The molecule has 41 nitrogen and oxygen atoms in total. The van der Waals surface area contributed by atoms with E-state index in [-0.39, 0.29) is 79.9 Å². The van der Waals surface area contributed by atoms with Crippen LogP contribution < -0.4 is 22.1 Å². The van der Waals surface area contributed by atoms with E-state index >= 15 is 8.78 Å². The van der Waals surface area contributed by atoms with Crippen molar-refractivity contribution < 1.29 is 101 Å². The van der Waals surface area contributed by atoms with Crippen LogP contribution in [-0.2, 0) is 108 Å². The molecule has 0 radical (unpaired) electrons. The number of aromatic nitrogens is 16. The first-order chi connectivity index (χ1) is 57.7. The number of carbonyl (C=O) groups excluding carboxylic acids is 2. The van der Waals surface area contributed by atoms with E-state index in [2.05, 4.69) is 82.7 Å². The second-order valence-electron chi connectivity index (χ2n) is 31.8. The second-order valence-corrected chi connectivity index (χ2v) is 52.7. The van der Waals surface area contributed by atoms with Crippen molar-refractivity contribution in [3.8, 4) is 6.07 Å². The number of nitriles is 1. The molecule has 6 saturated heterocycles. The lowest BCUT2D eigenvalue weighted by Crippen LogP contribution is -2.50. The van der Waals surface area contributed by atoms with Crippen molar-refractivity contribution in [3.05, 3.63) is 122 Å². The Kier molecular flexibility index (Phi) is 25.9. The van der Waals surface area contributed by atoms with E-state index in [0.717, 1.165) is 0 Å². The first-order valence-electron chi connectivity index (χ1n) is 37.8. The standard InChI is InChI=1S/C43H48FN11O11P2S2Si.C26H37FN10O9P2S2Si/c1-43(2,3)71(4,5)66-33-28-19-60-67(58,69)64-32-27(62-41(29(32)44)54-23-50-30-35(46-21-48-37(30)54)52-39(56)25-13-8-6-9-14-25)20-61-68(70,59-18-12-17-45)65-34(33)42(63-28)55-24-51-31-36(47-22-49-38(31)55)53-40(57)26-15-10-7-11-16-26;1-26(2,3)51(4,5)46-18-13-7-41-47(38,49)44-17-12(42-24(14(17)27)36-10-34-15-20(28)30-8-32-22(15)36)6-40-48(39,50)45-19(18)25(43-13)37-11-35-16-21(29)31-9-33-23(16)37/h6-11,13-16,21-24,27-29,32-34,41-42H,12,18-20H2,1-5H3,(H,58,69)(H,46,48,52,56)(H,47,49,53,57);8-14,17-19,24-25H,6-7H2,1-5H3,(H,38,49)(H,39,50)(H2,28,30,32)(H2,29,31,33)/t27-,28-,29-,32-,33-,34-,41-,42-,67?,68?;12-,13-,14-,17-,18-,19-,24-,25-,47?,48?/m11/s1. The topological polar surface area (TPSA) is 504 Å². The lowest BCUT2D eigenvalue weighted by atomic mass is 10.1. The van der Waals surface area contributed by atoms with E-state index < -0.39 is 180 Å². The summed E-state index contributed by atoms with van der Waals surface area (Å²) in [4.78, 5) is 101. The summed E-state index contributed by atoms with van der Waals surface area (Å²) in [5.41, 5.74) is 14.4. The number of nitrogens with one attached hydrogen (secondary N) is 2. The molecule has 8 aromatic heterocycles. The number of imidazole rings is 4. The number of nitrogens with two attached hydrogens (primary N) is 2. The Morgan fingerprint density at radius 2 is 0.893 bits per heavy atom. The van der Waals surface area contributed by atoms with Crippen molar-refractivity contribution in [1.82, 2.24) is 78.1 Å². The predicted molar refractivity (Wildman–Crippen MR) is 452 cm³/mol. The van der Waals surface area contributed by atoms with Gasteiger partial charge in [0.05, 0.1) is 70.8 Å². The number of benzene rings is 2. The smallest absolute Gasteiger partial charge is 0.386 e. The lowest BCUT2D eigenvalue weighted by molar-refractivity contribution is -0.0616. The van der Waals surface area contributed by atoms with Crippen molar-refractivity contribution in [2.75, 3.05) is 55.1 Å². The first-order valence-corrected chi connectivity index (χ1v) is 54.1. The molecular weight excluding hydrogens is 1790 g/mol. The highest BCUT2D eigenvalue weighted by molar-refractivity contribution is 8.44. The maximum absolute atomic E-state index is 17.1. The molecule has 652 valence electrons. The molecule has 6 aliphatic rings. The van der Waals surface area contributed by atoms with Gasteiger partial charge >= 0.3 is 27.0 Å². The molecule has 4 bridgehead atoms. The molecule has 2 amide bonds. The van der Waals surface area contributed by atoms with Gasteiger partial charge in [-0.15, -0.1) is 0 Å². The van der Waals surface area contributed by atoms with Crippen LogP contribution in [0.3, 0.4) is 0 Å². The quantitative estimate of drug-likeness (QED) is 0.0217. The van der Waals surface area contributed by atoms with Crippen molar-refractivity contribution in [1.29, 1.82) is 5.26 Å². The zero-order valence-electron chi connectivity index (χ0n) is 66.6. The number of carbonyl (C=O) groups is 2. The second kappa shape index (κ2) is 35.2. The van der Waals surface area contributed by atoms with E-state index in [1.54, 1.807) is 65.2 Å². The van der Waals surface area contributed by atoms with E-state index in [9.17, 15) is 29.2 Å². The SMILES string of the molecule is CC(C)(C)[Si](C)(C)O[C@H]1[C@H]2OP(=O)(S)OC[C@H]3O[C@@H](n4cnc5c(N)ncnc54)[C@H](F)[C@@H]3OP(O)(=S)OC[C@H]1O[C@H]2n1cnc2c(N)ncnc21.CC(C)(C)[Si](C)(C)O[C@H]1[C@H]2OP(=S)(OCCC#N)OC[C@H]3O[C@@H](n4cnc5c(NC(=O)c6ccccc6)ncnc54)[C@H](F)[C@@H]3OP(O)(=S)OC[C@H]1O[C@H]2n1cnc2c(NC(=O)c3ccccc3)ncnc21. The monoisotopic (exact) mass is 1870 g/mol. The molecule has 0 saturated carbocycles. The van der Waals surface area contributed by atoms with E-state index in [1.165, 1.54) is 64.3 Å². The number of alkyl halides is 2. The van der Waals surface area contributed by atoms with E-state index in [1.807, 2.05) is 73.8 Å². The highest BCUT2D eigenvalue weighted by atomic mass is 32.7. The first kappa shape index (κ1) is 89.6. The zero-order chi connectivity index (χ0) is 87.0. The van der Waals surface area contributed by atoms with Gasteiger partial charge in [-0.25, -0.2) is 73.2 Å². The molecule has 122 heavy (non-hydrogen) atoms. The third kappa shape index (κ3) is 18.7. The number of fused-ring (bicyclic) bond motifs is 10. The molecule has 6 aliphatic heterocycles. The third-order valence-corrected chi connectivity index (χ3v) is 37.8. The highest BCUT2D eigenvalue weighted by Crippen LogP contribution is 2.62. The normalized spacial score (nSPS) is 31.3. The van der Waals surface area contributed by atoms with Crippen LogP contribution >= 0.6 is 39.2 Å². The molecule has 20 atom stereocenters. The van der Waals surface area contributed by atoms with Gasteiger partial charge < -0.3 is 77.8 Å². The number of amides is 2. The van der Waals surface area contributed by atoms with Gasteiger partial charge in [-0.2, -0.15) is 5.26 Å². The summed E-state index contributed by atoms with van der Waals surface area (Å²) in [6, 6.07) is 19.1. The van der Waals surface area contributed by atoms with Gasteiger partial charge in [0.2, 0.25) is 0 Å². The molecule has 8 N–H and O–H groups in total. The van der Waals surface area contributed by atoms with Gasteiger partial charge in [0, 0.05) is 11.1 Å². The summed E-state index contributed by atoms with van der Waals surface area (Å²) in [6.07, 6.45) is -11.5. The van der Waals surface area contributed by atoms with Gasteiger partial charge in [-0.3, -0.25) is 50.5 Å². The molecule has 4 unspecified atom stereocenters. The summed E-state index contributed by atoms with van der Waals surface area (Å²) >= 11 is 21.4. The Bertz CT molecular complexity index is 5820. The van der Waals surface area contributed by atoms with Crippen LogP contribution in [0, 0.1) is 11.3 Å². The molecule has 16 rings (SSSR count). The van der Waals surface area contributed by atoms with Crippen molar-refractivity contribution in [2.24, 2.45) is 0 Å². The minimum absolute atomic E-state index is 0.0576. The summed E-state index contributed by atoms with van der Waals surface area (Å²) in [6.45, 7) is 1.07. The Labute approximate surface area is 717 Å². The third-order valence-electron chi connectivity index (χ3n) is 21.8.